The number of carbonyl (C=O) groups excluding carboxylic acids is 1. The van der Waals surface area contributed by atoms with Crippen LogP contribution in [0.25, 0.3) is 11.3 Å². The molecule has 0 aliphatic heterocycles. The molecule has 1 fully saturated rings. The van der Waals surface area contributed by atoms with Gasteiger partial charge in [0, 0.05) is 17.5 Å². The highest BCUT2D eigenvalue weighted by atomic mass is 19.1. The SMILES string of the molecule is CC(C)(C(=O)O)n1cc(-c2cccc(C(=O)NCc3cc(=O)[nH]c(C4CCC4)n3)c2F)nn1. The molecule has 3 aromatic rings. The average Bonchev–Trinajstić information content (AvgIpc) is 3.21. The number of aliphatic carboxylic acids is 1. The lowest BCUT2D eigenvalue weighted by Gasteiger charge is -2.24. The van der Waals surface area contributed by atoms with Crippen molar-refractivity contribution < 1.29 is 19.1 Å². The number of carboxylic acids is 1. The number of benzene rings is 1. The van der Waals surface area contributed by atoms with Crippen molar-refractivity contribution in [2.75, 3.05) is 0 Å². The van der Waals surface area contributed by atoms with E-state index in [1.54, 1.807) is 0 Å². The molecule has 172 valence electrons. The van der Waals surface area contributed by atoms with E-state index in [0.717, 1.165) is 23.9 Å². The van der Waals surface area contributed by atoms with E-state index in [0.29, 0.717) is 11.5 Å². The Bertz CT molecular complexity index is 1280. The van der Waals surface area contributed by atoms with E-state index in [1.807, 2.05) is 0 Å². The lowest BCUT2D eigenvalue weighted by Crippen LogP contribution is -2.36. The third-order valence-corrected chi connectivity index (χ3v) is 5.84. The summed E-state index contributed by atoms with van der Waals surface area (Å²) in [6, 6.07) is 5.55. The molecule has 1 saturated carbocycles. The summed E-state index contributed by atoms with van der Waals surface area (Å²) in [5.41, 5.74) is -1.39. The second-order valence-electron chi connectivity index (χ2n) is 8.51. The highest BCUT2D eigenvalue weighted by molar-refractivity contribution is 5.95. The molecule has 3 N–H and O–H groups in total. The van der Waals surface area contributed by atoms with Crippen LogP contribution in [0.1, 0.15) is 60.9 Å². The van der Waals surface area contributed by atoms with Crippen molar-refractivity contribution in [2.45, 2.75) is 51.1 Å². The van der Waals surface area contributed by atoms with Crippen LogP contribution in [0.3, 0.4) is 0 Å². The minimum absolute atomic E-state index is 0.0108. The molecule has 0 saturated heterocycles. The summed E-state index contributed by atoms with van der Waals surface area (Å²) in [4.78, 5) is 43.2. The Morgan fingerprint density at radius 2 is 2.09 bits per heavy atom. The standard InChI is InChI=1S/C22H23FN6O4/c1-22(2,21(32)33)29-11-16(27-28-29)14-7-4-8-15(18(14)23)20(31)24-10-13-9-17(30)26-19(25-13)12-5-3-6-12/h4,7-9,11-12H,3,5-6,10H2,1-2H3,(H,24,31)(H,32,33)(H,25,26,30). The predicted octanol–water partition coefficient (Wildman–Crippen LogP) is 2.18. The zero-order valence-corrected chi connectivity index (χ0v) is 18.1. The van der Waals surface area contributed by atoms with Gasteiger partial charge in [0.25, 0.3) is 11.5 Å². The number of halogens is 1. The fourth-order valence-corrected chi connectivity index (χ4v) is 3.42. The van der Waals surface area contributed by atoms with E-state index in [-0.39, 0.29) is 34.8 Å². The van der Waals surface area contributed by atoms with E-state index >= 15 is 4.39 Å². The highest BCUT2D eigenvalue weighted by Gasteiger charge is 2.31. The van der Waals surface area contributed by atoms with Gasteiger partial charge in [-0.05, 0) is 38.8 Å². The Hall–Kier alpha value is -3.89. The first-order chi connectivity index (χ1) is 15.7. The number of hydrogen-bond acceptors (Lipinski definition) is 6. The van der Waals surface area contributed by atoms with E-state index in [4.69, 9.17) is 0 Å². The summed E-state index contributed by atoms with van der Waals surface area (Å²) in [6.45, 7) is 2.84. The zero-order valence-electron chi connectivity index (χ0n) is 18.1. The van der Waals surface area contributed by atoms with Crippen molar-refractivity contribution in [3.05, 3.63) is 63.7 Å². The van der Waals surface area contributed by atoms with Crippen molar-refractivity contribution in [1.29, 1.82) is 0 Å². The molecule has 1 aliphatic rings. The molecule has 0 unspecified atom stereocenters. The number of amides is 1. The van der Waals surface area contributed by atoms with E-state index in [9.17, 15) is 19.5 Å². The van der Waals surface area contributed by atoms with Gasteiger partial charge in [-0.1, -0.05) is 17.7 Å². The lowest BCUT2D eigenvalue weighted by molar-refractivity contribution is -0.146. The van der Waals surface area contributed by atoms with Gasteiger partial charge in [0.15, 0.2) is 5.54 Å². The lowest BCUT2D eigenvalue weighted by atomic mass is 9.85. The number of H-pyrrole nitrogens is 1. The molecule has 4 rings (SSSR count). The van der Waals surface area contributed by atoms with Crippen molar-refractivity contribution in [3.8, 4) is 11.3 Å². The Morgan fingerprint density at radius 3 is 2.76 bits per heavy atom. The van der Waals surface area contributed by atoms with Gasteiger partial charge in [0.2, 0.25) is 0 Å². The Balaban J connectivity index is 1.53. The smallest absolute Gasteiger partial charge is 0.331 e. The quantitative estimate of drug-likeness (QED) is 0.496. The van der Waals surface area contributed by atoms with Gasteiger partial charge in [-0.15, -0.1) is 5.10 Å². The first kappa shape index (κ1) is 22.3. The molecule has 33 heavy (non-hydrogen) atoms. The molecule has 1 aliphatic carbocycles. The Morgan fingerprint density at radius 1 is 1.33 bits per heavy atom. The van der Waals surface area contributed by atoms with E-state index in [1.165, 1.54) is 44.3 Å². The maximum atomic E-state index is 15.2. The highest BCUT2D eigenvalue weighted by Crippen LogP contribution is 2.33. The molecule has 10 nitrogen and oxygen atoms in total. The number of nitrogens with zero attached hydrogens (tertiary/aromatic N) is 4. The summed E-state index contributed by atoms with van der Waals surface area (Å²) in [5, 5.41) is 19.6. The summed E-state index contributed by atoms with van der Waals surface area (Å²) in [5.74, 6) is -1.79. The first-order valence-corrected chi connectivity index (χ1v) is 10.5. The molecule has 1 amide bonds. The number of aromatic nitrogens is 5. The number of aromatic amines is 1. The van der Waals surface area contributed by atoms with Gasteiger partial charge >= 0.3 is 5.97 Å². The molecule has 11 heteroatoms. The normalized spacial score (nSPS) is 14.0. The topological polar surface area (TPSA) is 143 Å². The second kappa shape index (κ2) is 8.57. The first-order valence-electron chi connectivity index (χ1n) is 10.5. The van der Waals surface area contributed by atoms with Crippen LogP contribution in [0, 0.1) is 5.82 Å². The van der Waals surface area contributed by atoms with Crippen LogP contribution in [0.5, 0.6) is 0 Å². The van der Waals surface area contributed by atoms with Crippen molar-refractivity contribution in [2.24, 2.45) is 0 Å². The summed E-state index contributed by atoms with van der Waals surface area (Å²) in [6.07, 6.45) is 4.33. The van der Waals surface area contributed by atoms with Gasteiger partial charge in [0.05, 0.1) is 24.0 Å². The number of hydrogen-bond donors (Lipinski definition) is 3. The number of carboxylic acid groups (broad SMARTS) is 1. The van der Waals surface area contributed by atoms with Crippen LogP contribution in [0.4, 0.5) is 4.39 Å². The van der Waals surface area contributed by atoms with Gasteiger partial charge in [0.1, 0.15) is 17.3 Å². The molecule has 2 aromatic heterocycles. The van der Waals surface area contributed by atoms with Gasteiger partial charge in [-0.2, -0.15) is 0 Å². The fourth-order valence-electron chi connectivity index (χ4n) is 3.42. The minimum atomic E-state index is -1.38. The second-order valence-corrected chi connectivity index (χ2v) is 8.51. The summed E-state index contributed by atoms with van der Waals surface area (Å²) < 4.78 is 16.3. The molecular formula is C22H23FN6O4. The third kappa shape index (κ3) is 4.38. The molecule has 1 aromatic carbocycles. The van der Waals surface area contributed by atoms with Crippen molar-refractivity contribution in [3.63, 3.8) is 0 Å². The number of rotatable bonds is 7. The van der Waals surface area contributed by atoms with Crippen LogP contribution in [-0.2, 0) is 16.9 Å². The van der Waals surface area contributed by atoms with Gasteiger partial charge in [-0.25, -0.2) is 18.9 Å². The third-order valence-electron chi connectivity index (χ3n) is 5.84. The summed E-state index contributed by atoms with van der Waals surface area (Å²) in [7, 11) is 0. The van der Waals surface area contributed by atoms with Gasteiger partial charge < -0.3 is 15.4 Å². The van der Waals surface area contributed by atoms with E-state index < -0.39 is 23.2 Å². The molecule has 0 bridgehead atoms. The average molecular weight is 454 g/mol. The minimum Gasteiger partial charge on any atom is -0.479 e. The number of nitrogens with one attached hydrogen (secondary N) is 2. The van der Waals surface area contributed by atoms with Crippen LogP contribution >= 0.6 is 0 Å². The number of carbonyl (C=O) groups is 2. The monoisotopic (exact) mass is 454 g/mol. The van der Waals surface area contributed by atoms with Crippen molar-refractivity contribution >= 4 is 11.9 Å². The molecule has 0 atom stereocenters. The molecular weight excluding hydrogens is 431 g/mol. The van der Waals surface area contributed by atoms with Crippen LogP contribution < -0.4 is 10.9 Å². The largest absolute Gasteiger partial charge is 0.479 e. The maximum absolute atomic E-state index is 15.2. The Labute approximate surface area is 187 Å². The molecule has 0 spiro atoms. The van der Waals surface area contributed by atoms with Gasteiger partial charge in [-0.3, -0.25) is 9.59 Å². The molecule has 2 heterocycles. The maximum Gasteiger partial charge on any atom is 0.331 e. The fraction of sp³-hybridized carbons (Fsp3) is 0.364. The zero-order chi connectivity index (χ0) is 23.8. The predicted molar refractivity (Wildman–Crippen MR) is 115 cm³/mol. The van der Waals surface area contributed by atoms with Crippen molar-refractivity contribution in [1.82, 2.24) is 30.3 Å². The van der Waals surface area contributed by atoms with E-state index in [2.05, 4.69) is 25.6 Å². The van der Waals surface area contributed by atoms with Crippen LogP contribution in [0.15, 0.2) is 35.3 Å². The molecule has 0 radical (unpaired) electrons. The van der Waals surface area contributed by atoms with Crippen LogP contribution in [0.2, 0.25) is 0 Å². The Kier molecular flexibility index (Phi) is 5.79. The summed E-state index contributed by atoms with van der Waals surface area (Å²) >= 11 is 0. The van der Waals surface area contributed by atoms with Crippen LogP contribution in [-0.4, -0.2) is 41.9 Å².